The first kappa shape index (κ1) is 16.7. The zero-order valence-electron chi connectivity index (χ0n) is 10.3. The van der Waals surface area contributed by atoms with Crippen LogP contribution in [0.15, 0.2) is 0 Å². The average Bonchev–Trinajstić information content (AvgIpc) is 2.25. The summed E-state index contributed by atoms with van der Waals surface area (Å²) >= 11 is 5.56. The highest BCUT2D eigenvalue weighted by atomic mass is 35.5. The molecule has 2 unspecified atom stereocenters. The summed E-state index contributed by atoms with van der Waals surface area (Å²) in [5.41, 5.74) is 0. The van der Waals surface area contributed by atoms with Gasteiger partial charge in [-0.1, -0.05) is 6.92 Å². The Bertz CT molecular complexity index is 328. The van der Waals surface area contributed by atoms with Crippen LogP contribution in [0.4, 0.5) is 0 Å². The van der Waals surface area contributed by atoms with E-state index >= 15 is 0 Å². The lowest BCUT2D eigenvalue weighted by Crippen LogP contribution is -2.33. The van der Waals surface area contributed by atoms with E-state index in [1.807, 2.05) is 0 Å². The Labute approximate surface area is 108 Å². The fraction of sp³-hybridized carbons (Fsp3) is 0.900. The topological polar surface area (TPSA) is 69.7 Å². The molecule has 102 valence electrons. The fourth-order valence-electron chi connectivity index (χ4n) is 1.55. The van der Waals surface area contributed by atoms with Crippen LogP contribution in [0.5, 0.6) is 0 Å². The molecule has 7 heteroatoms. The summed E-state index contributed by atoms with van der Waals surface area (Å²) in [4.78, 5) is 11.6. The number of carbonyl (C=O) groups is 1. The molecule has 0 aliphatic rings. The molecule has 0 saturated carbocycles. The lowest BCUT2D eigenvalue weighted by molar-refractivity contribution is -0.149. The van der Waals surface area contributed by atoms with Crippen molar-refractivity contribution in [3.8, 4) is 0 Å². The summed E-state index contributed by atoms with van der Waals surface area (Å²) in [6, 6.07) is 0. The Hall–Kier alpha value is -0.330. The van der Waals surface area contributed by atoms with Gasteiger partial charge in [-0.15, -0.1) is 11.6 Å². The summed E-state index contributed by atoms with van der Waals surface area (Å²) in [6.45, 7) is 1.76. The minimum atomic E-state index is -3.59. The molecule has 0 spiro atoms. The van der Waals surface area contributed by atoms with Crippen LogP contribution < -0.4 is 0 Å². The van der Waals surface area contributed by atoms with Crippen LogP contribution in [-0.2, 0) is 23.8 Å². The van der Waals surface area contributed by atoms with Gasteiger partial charge in [0, 0.05) is 5.88 Å². The Morgan fingerprint density at radius 3 is 2.35 bits per heavy atom. The zero-order chi connectivity index (χ0) is 13.5. The van der Waals surface area contributed by atoms with Gasteiger partial charge in [0.1, 0.15) is 0 Å². The number of methoxy groups -OCH3 is 1. The highest BCUT2D eigenvalue weighted by Crippen LogP contribution is 2.21. The monoisotopic (exact) mass is 286 g/mol. The Morgan fingerprint density at radius 1 is 1.41 bits per heavy atom. The first-order chi connectivity index (χ1) is 7.85. The van der Waals surface area contributed by atoms with E-state index in [-0.39, 0.29) is 0 Å². The van der Waals surface area contributed by atoms with E-state index in [4.69, 9.17) is 15.8 Å². The molecule has 0 aliphatic carbocycles. The highest BCUT2D eigenvalue weighted by Gasteiger charge is 2.30. The van der Waals surface area contributed by atoms with Gasteiger partial charge in [-0.25, -0.2) is 0 Å². The molecule has 0 heterocycles. The SMILES string of the molecule is CCC(OS(C)(=O)=O)C(CCCCl)C(=O)OC. The van der Waals surface area contributed by atoms with Crippen molar-refractivity contribution in [1.82, 2.24) is 0 Å². The van der Waals surface area contributed by atoms with Gasteiger partial charge in [0.15, 0.2) is 0 Å². The number of rotatable bonds is 8. The van der Waals surface area contributed by atoms with Gasteiger partial charge in [-0.05, 0) is 19.3 Å². The number of carbonyl (C=O) groups excluding carboxylic acids is 1. The minimum absolute atomic E-state index is 0.406. The highest BCUT2D eigenvalue weighted by molar-refractivity contribution is 7.86. The van der Waals surface area contributed by atoms with E-state index in [0.717, 1.165) is 6.26 Å². The maximum Gasteiger partial charge on any atom is 0.311 e. The number of hydrogen-bond donors (Lipinski definition) is 0. The number of ether oxygens (including phenoxy) is 1. The Kier molecular flexibility index (Phi) is 7.74. The molecule has 0 saturated heterocycles. The molecule has 0 rings (SSSR count). The summed E-state index contributed by atoms with van der Waals surface area (Å²) < 4.78 is 31.7. The van der Waals surface area contributed by atoms with Crippen LogP contribution >= 0.6 is 11.6 Å². The summed E-state index contributed by atoms with van der Waals surface area (Å²) in [7, 11) is -2.32. The molecule has 0 aromatic rings. The Morgan fingerprint density at radius 2 is 2.00 bits per heavy atom. The molecule has 0 bridgehead atoms. The van der Waals surface area contributed by atoms with Crippen molar-refractivity contribution in [1.29, 1.82) is 0 Å². The maximum absolute atomic E-state index is 11.6. The molecule has 0 fully saturated rings. The quantitative estimate of drug-likeness (QED) is 0.385. The normalized spacial score (nSPS) is 15.3. The lowest BCUT2D eigenvalue weighted by Gasteiger charge is -2.22. The van der Waals surface area contributed by atoms with Crippen LogP contribution in [0.2, 0.25) is 0 Å². The van der Waals surface area contributed by atoms with E-state index < -0.39 is 28.1 Å². The number of hydrogen-bond acceptors (Lipinski definition) is 5. The van der Waals surface area contributed by atoms with Crippen LogP contribution in [-0.4, -0.2) is 39.7 Å². The molecular formula is C10H19ClO5S. The van der Waals surface area contributed by atoms with Crippen LogP contribution in [0.3, 0.4) is 0 Å². The first-order valence-electron chi connectivity index (χ1n) is 5.37. The van der Waals surface area contributed by atoms with Crippen molar-refractivity contribution in [2.45, 2.75) is 32.3 Å². The molecule has 0 aromatic carbocycles. The zero-order valence-corrected chi connectivity index (χ0v) is 11.9. The second kappa shape index (κ2) is 7.89. The summed E-state index contributed by atoms with van der Waals surface area (Å²) in [5.74, 6) is -0.660. The van der Waals surface area contributed by atoms with E-state index in [9.17, 15) is 13.2 Å². The molecule has 2 atom stereocenters. The van der Waals surface area contributed by atoms with Gasteiger partial charge in [0.05, 0.1) is 25.4 Å². The lowest BCUT2D eigenvalue weighted by atomic mass is 9.95. The van der Waals surface area contributed by atoms with E-state index in [1.165, 1.54) is 7.11 Å². The van der Waals surface area contributed by atoms with Crippen molar-refractivity contribution < 1.29 is 22.1 Å². The van der Waals surface area contributed by atoms with Gasteiger partial charge < -0.3 is 4.74 Å². The Balaban J connectivity index is 4.77. The number of halogens is 1. The second-order valence-electron chi connectivity index (χ2n) is 3.71. The van der Waals surface area contributed by atoms with Crippen molar-refractivity contribution in [2.24, 2.45) is 5.92 Å². The maximum atomic E-state index is 11.6. The molecule has 0 amide bonds. The van der Waals surface area contributed by atoms with Crippen molar-refractivity contribution in [3.05, 3.63) is 0 Å². The van der Waals surface area contributed by atoms with E-state index in [0.29, 0.717) is 25.1 Å². The van der Waals surface area contributed by atoms with E-state index in [2.05, 4.69) is 4.74 Å². The van der Waals surface area contributed by atoms with Crippen molar-refractivity contribution in [2.75, 3.05) is 19.2 Å². The predicted octanol–water partition coefficient (Wildman–Crippen LogP) is 1.55. The third-order valence-electron chi connectivity index (χ3n) is 2.30. The van der Waals surface area contributed by atoms with Crippen molar-refractivity contribution in [3.63, 3.8) is 0 Å². The number of esters is 1. The molecule has 0 radical (unpaired) electrons. The first-order valence-corrected chi connectivity index (χ1v) is 7.72. The van der Waals surface area contributed by atoms with Crippen LogP contribution in [0.1, 0.15) is 26.2 Å². The molecule has 17 heavy (non-hydrogen) atoms. The van der Waals surface area contributed by atoms with Gasteiger partial charge >= 0.3 is 5.97 Å². The molecule has 0 aliphatic heterocycles. The summed E-state index contributed by atoms with van der Waals surface area (Å²) in [5, 5.41) is 0. The molecule has 0 N–H and O–H groups in total. The third kappa shape index (κ3) is 6.85. The molecular weight excluding hydrogens is 268 g/mol. The van der Waals surface area contributed by atoms with Crippen LogP contribution in [0, 0.1) is 5.92 Å². The number of alkyl halides is 1. The van der Waals surface area contributed by atoms with E-state index in [1.54, 1.807) is 6.92 Å². The third-order valence-corrected chi connectivity index (χ3v) is 3.17. The largest absolute Gasteiger partial charge is 0.469 e. The molecule has 0 aromatic heterocycles. The summed E-state index contributed by atoms with van der Waals surface area (Å²) in [6.07, 6.45) is 1.73. The fourth-order valence-corrected chi connectivity index (χ4v) is 2.42. The van der Waals surface area contributed by atoms with Gasteiger partial charge in [-0.3, -0.25) is 8.98 Å². The molecule has 5 nitrogen and oxygen atoms in total. The van der Waals surface area contributed by atoms with Crippen LogP contribution in [0.25, 0.3) is 0 Å². The smallest absolute Gasteiger partial charge is 0.311 e. The standard InChI is InChI=1S/C10H19ClO5S/c1-4-9(16-17(3,13)14)8(6-5-7-11)10(12)15-2/h8-9H,4-7H2,1-3H3. The van der Waals surface area contributed by atoms with Crippen molar-refractivity contribution >= 4 is 27.7 Å². The second-order valence-corrected chi connectivity index (χ2v) is 5.69. The minimum Gasteiger partial charge on any atom is -0.469 e. The van der Waals surface area contributed by atoms with Gasteiger partial charge in [-0.2, -0.15) is 8.42 Å². The van der Waals surface area contributed by atoms with Gasteiger partial charge in [0.25, 0.3) is 10.1 Å². The average molecular weight is 287 g/mol. The van der Waals surface area contributed by atoms with Gasteiger partial charge in [0.2, 0.25) is 0 Å². The predicted molar refractivity (Wildman–Crippen MR) is 65.5 cm³/mol.